The minimum atomic E-state index is -0.388. The lowest BCUT2D eigenvalue weighted by Gasteiger charge is -2.08. The fourth-order valence-corrected chi connectivity index (χ4v) is 1.54. The van der Waals surface area contributed by atoms with Crippen LogP contribution in [0.5, 0.6) is 0 Å². The lowest BCUT2D eigenvalue weighted by atomic mass is 10.2. The molecule has 0 saturated heterocycles. The Morgan fingerprint density at radius 2 is 1.88 bits per heavy atom. The van der Waals surface area contributed by atoms with Crippen molar-refractivity contribution in [3.05, 3.63) is 56.9 Å². The molecule has 5 heteroatoms. The molecule has 1 aromatic carbocycles. The van der Waals surface area contributed by atoms with Crippen LogP contribution in [-0.4, -0.2) is 9.13 Å². The molecule has 0 amide bonds. The molecule has 0 unspecified atom stereocenters. The van der Waals surface area contributed by atoms with Crippen molar-refractivity contribution in [1.29, 1.82) is 0 Å². The third-order valence-electron chi connectivity index (χ3n) is 2.73. The predicted octanol–water partition coefficient (Wildman–Crippen LogP) is 0.427. The van der Waals surface area contributed by atoms with E-state index in [9.17, 15) is 9.59 Å². The van der Waals surface area contributed by atoms with Crippen LogP contribution in [0.2, 0.25) is 0 Å². The van der Waals surface area contributed by atoms with Crippen LogP contribution < -0.4 is 17.0 Å². The van der Waals surface area contributed by atoms with Crippen LogP contribution in [0.1, 0.15) is 5.56 Å². The smallest absolute Gasteiger partial charge is 0.335 e. The topological polar surface area (TPSA) is 70.0 Å². The lowest BCUT2D eigenvalue weighted by Crippen LogP contribution is -2.36. The summed E-state index contributed by atoms with van der Waals surface area (Å²) in [5.74, 6) is 0. The first-order chi connectivity index (χ1) is 8.00. The Morgan fingerprint density at radius 3 is 2.53 bits per heavy atom. The Kier molecular flexibility index (Phi) is 2.59. The first kappa shape index (κ1) is 11.2. The van der Waals surface area contributed by atoms with Crippen LogP contribution >= 0.6 is 0 Å². The van der Waals surface area contributed by atoms with E-state index in [0.29, 0.717) is 11.4 Å². The molecule has 1 aromatic heterocycles. The maximum absolute atomic E-state index is 11.9. The molecule has 0 aliphatic rings. The van der Waals surface area contributed by atoms with Crippen molar-refractivity contribution >= 4 is 5.69 Å². The molecule has 0 fully saturated rings. The van der Waals surface area contributed by atoms with E-state index in [4.69, 9.17) is 5.73 Å². The fraction of sp³-hybridized carbons (Fsp3) is 0.167. The molecule has 2 rings (SSSR count). The quantitative estimate of drug-likeness (QED) is 0.723. The Morgan fingerprint density at radius 1 is 1.18 bits per heavy atom. The van der Waals surface area contributed by atoms with Gasteiger partial charge >= 0.3 is 5.69 Å². The van der Waals surface area contributed by atoms with Gasteiger partial charge in [-0.15, -0.1) is 0 Å². The second kappa shape index (κ2) is 3.93. The summed E-state index contributed by atoms with van der Waals surface area (Å²) in [5, 5.41) is 0. The number of hydrogen-bond donors (Lipinski definition) is 1. The summed E-state index contributed by atoms with van der Waals surface area (Å²) in [7, 11) is 1.44. The zero-order valence-electron chi connectivity index (χ0n) is 9.68. The van der Waals surface area contributed by atoms with Gasteiger partial charge in [0.2, 0.25) is 0 Å². The molecular formula is C12H13N3O2. The molecule has 0 spiro atoms. The molecule has 2 aromatic rings. The van der Waals surface area contributed by atoms with E-state index < -0.39 is 0 Å². The molecule has 0 saturated carbocycles. The van der Waals surface area contributed by atoms with Gasteiger partial charge in [-0.25, -0.2) is 4.79 Å². The zero-order chi connectivity index (χ0) is 12.6. The minimum absolute atomic E-state index is 0.327. The second-order valence-electron chi connectivity index (χ2n) is 3.91. The third-order valence-corrected chi connectivity index (χ3v) is 2.73. The van der Waals surface area contributed by atoms with Gasteiger partial charge in [-0.2, -0.15) is 0 Å². The molecular weight excluding hydrogens is 218 g/mol. The van der Waals surface area contributed by atoms with E-state index >= 15 is 0 Å². The number of nitrogen functional groups attached to an aromatic ring is 1. The van der Waals surface area contributed by atoms with Crippen molar-refractivity contribution in [2.24, 2.45) is 7.05 Å². The number of nitrogens with zero attached hydrogens (tertiary/aromatic N) is 2. The minimum Gasteiger partial charge on any atom is -0.398 e. The van der Waals surface area contributed by atoms with Gasteiger partial charge in [-0.3, -0.25) is 13.9 Å². The Labute approximate surface area is 97.7 Å². The molecule has 0 aliphatic carbocycles. The van der Waals surface area contributed by atoms with Gasteiger partial charge in [-0.1, -0.05) is 6.07 Å². The molecule has 1 heterocycles. The Hall–Kier alpha value is -2.30. The molecule has 2 N–H and O–H groups in total. The SMILES string of the molecule is Cc1ccc(-n2ccc(=O)n(C)c2=O)cc1N. The molecule has 0 atom stereocenters. The molecule has 0 aliphatic heterocycles. The van der Waals surface area contributed by atoms with Crippen molar-refractivity contribution in [1.82, 2.24) is 9.13 Å². The summed E-state index contributed by atoms with van der Waals surface area (Å²) < 4.78 is 2.44. The van der Waals surface area contributed by atoms with Gasteiger partial charge in [-0.05, 0) is 24.6 Å². The number of anilines is 1. The molecule has 0 bridgehead atoms. The maximum Gasteiger partial charge on any atom is 0.335 e. The highest BCUT2D eigenvalue weighted by atomic mass is 16.2. The van der Waals surface area contributed by atoms with Crippen LogP contribution in [-0.2, 0) is 7.05 Å². The summed E-state index contributed by atoms with van der Waals surface area (Å²) in [5.41, 5.74) is 7.29. The number of nitrogens with two attached hydrogens (primary N) is 1. The lowest BCUT2D eigenvalue weighted by molar-refractivity contribution is 0.728. The molecule has 5 nitrogen and oxygen atoms in total. The second-order valence-corrected chi connectivity index (χ2v) is 3.91. The number of hydrogen-bond acceptors (Lipinski definition) is 3. The maximum atomic E-state index is 11.9. The summed E-state index contributed by atoms with van der Waals surface area (Å²) in [6.07, 6.45) is 1.45. The van der Waals surface area contributed by atoms with E-state index in [1.165, 1.54) is 23.9 Å². The van der Waals surface area contributed by atoms with Gasteiger partial charge in [0.25, 0.3) is 5.56 Å². The highest BCUT2D eigenvalue weighted by Gasteiger charge is 2.04. The third kappa shape index (κ3) is 1.87. The van der Waals surface area contributed by atoms with Gasteiger partial charge in [0.05, 0.1) is 5.69 Å². The van der Waals surface area contributed by atoms with Crippen molar-refractivity contribution in [3.8, 4) is 5.69 Å². The van der Waals surface area contributed by atoms with Gasteiger partial charge in [0.15, 0.2) is 0 Å². The van der Waals surface area contributed by atoms with E-state index in [2.05, 4.69) is 0 Å². The number of benzene rings is 1. The van der Waals surface area contributed by atoms with Crippen LogP contribution in [0.15, 0.2) is 40.1 Å². The average molecular weight is 231 g/mol. The molecule has 0 radical (unpaired) electrons. The van der Waals surface area contributed by atoms with Crippen molar-refractivity contribution in [2.45, 2.75) is 6.92 Å². The monoisotopic (exact) mass is 231 g/mol. The van der Waals surface area contributed by atoms with E-state index in [0.717, 1.165) is 10.1 Å². The van der Waals surface area contributed by atoms with E-state index in [1.54, 1.807) is 12.1 Å². The molecule has 17 heavy (non-hydrogen) atoms. The predicted molar refractivity (Wildman–Crippen MR) is 66.4 cm³/mol. The van der Waals surface area contributed by atoms with Crippen LogP contribution in [0.3, 0.4) is 0 Å². The highest BCUT2D eigenvalue weighted by molar-refractivity contribution is 5.53. The van der Waals surface area contributed by atoms with Crippen LogP contribution in [0.4, 0.5) is 5.69 Å². The summed E-state index contributed by atoms with van der Waals surface area (Å²) >= 11 is 0. The summed E-state index contributed by atoms with van der Waals surface area (Å²) in [4.78, 5) is 23.1. The highest BCUT2D eigenvalue weighted by Crippen LogP contribution is 2.14. The van der Waals surface area contributed by atoms with E-state index in [1.807, 2.05) is 13.0 Å². The summed E-state index contributed by atoms with van der Waals surface area (Å²) in [6, 6.07) is 6.68. The average Bonchev–Trinajstić information content (AvgIpc) is 2.30. The number of aromatic nitrogens is 2. The largest absolute Gasteiger partial charge is 0.398 e. The van der Waals surface area contributed by atoms with Crippen LogP contribution in [0, 0.1) is 6.92 Å². The fourth-order valence-electron chi connectivity index (χ4n) is 1.54. The van der Waals surface area contributed by atoms with Crippen molar-refractivity contribution < 1.29 is 0 Å². The molecule has 88 valence electrons. The standard InChI is InChI=1S/C12H13N3O2/c1-8-3-4-9(7-10(8)13)15-6-5-11(16)14(2)12(15)17/h3-7H,13H2,1-2H3. The summed E-state index contributed by atoms with van der Waals surface area (Å²) in [6.45, 7) is 1.89. The first-order valence-corrected chi connectivity index (χ1v) is 5.16. The van der Waals surface area contributed by atoms with Crippen molar-refractivity contribution in [3.63, 3.8) is 0 Å². The number of aryl methyl sites for hydroxylation is 1. The van der Waals surface area contributed by atoms with E-state index in [-0.39, 0.29) is 11.2 Å². The number of rotatable bonds is 1. The Balaban J connectivity index is 2.69. The van der Waals surface area contributed by atoms with Crippen molar-refractivity contribution in [2.75, 3.05) is 5.73 Å². The van der Waals surface area contributed by atoms with Gasteiger partial charge in [0, 0.05) is 25.0 Å². The normalized spacial score (nSPS) is 10.5. The Bertz CT molecular complexity index is 683. The van der Waals surface area contributed by atoms with Crippen LogP contribution in [0.25, 0.3) is 5.69 Å². The zero-order valence-corrected chi connectivity index (χ0v) is 9.68. The van der Waals surface area contributed by atoms with Gasteiger partial charge < -0.3 is 5.73 Å². The van der Waals surface area contributed by atoms with Gasteiger partial charge in [0.1, 0.15) is 0 Å². The first-order valence-electron chi connectivity index (χ1n) is 5.16.